The van der Waals surface area contributed by atoms with Crippen LogP contribution in [0.2, 0.25) is 0 Å². The van der Waals surface area contributed by atoms with Crippen LogP contribution in [-0.2, 0) is 6.54 Å². The first-order valence-corrected chi connectivity index (χ1v) is 8.27. The normalized spacial score (nSPS) is 40.2. The van der Waals surface area contributed by atoms with Gasteiger partial charge in [0, 0.05) is 18.9 Å². The van der Waals surface area contributed by atoms with Crippen LogP contribution in [0.3, 0.4) is 0 Å². The van der Waals surface area contributed by atoms with Gasteiger partial charge in [0.1, 0.15) is 5.82 Å². The molecule has 4 nitrogen and oxygen atoms in total. The Morgan fingerprint density at radius 1 is 1.25 bits per heavy atom. The van der Waals surface area contributed by atoms with E-state index in [0.717, 1.165) is 36.0 Å². The van der Waals surface area contributed by atoms with E-state index >= 15 is 0 Å². The van der Waals surface area contributed by atoms with Gasteiger partial charge in [0.15, 0.2) is 0 Å². The molecule has 3 N–H and O–H groups in total. The number of aryl methyl sites for hydroxylation is 1. The highest BCUT2D eigenvalue weighted by Gasteiger charge is 2.51. The maximum atomic E-state index is 5.96. The molecule has 4 bridgehead atoms. The molecule has 4 aliphatic carbocycles. The summed E-state index contributed by atoms with van der Waals surface area (Å²) in [5.74, 6) is 11.6. The molecular weight excluding hydrogens is 248 g/mol. The smallest absolute Gasteiger partial charge is 0.127 e. The van der Waals surface area contributed by atoms with Crippen LogP contribution in [0.15, 0.2) is 12.4 Å². The Bertz CT molecular complexity index is 453. The molecule has 20 heavy (non-hydrogen) atoms. The topological polar surface area (TPSA) is 55.9 Å². The van der Waals surface area contributed by atoms with Gasteiger partial charge >= 0.3 is 0 Å². The maximum absolute atomic E-state index is 5.96. The van der Waals surface area contributed by atoms with E-state index in [1.165, 1.54) is 32.1 Å². The zero-order chi connectivity index (χ0) is 13.7. The monoisotopic (exact) mass is 274 g/mol. The summed E-state index contributed by atoms with van der Waals surface area (Å²) in [6.45, 7) is 3.15. The van der Waals surface area contributed by atoms with Crippen LogP contribution < -0.4 is 11.3 Å². The Morgan fingerprint density at radius 2 is 1.90 bits per heavy atom. The van der Waals surface area contributed by atoms with Crippen LogP contribution in [0.5, 0.6) is 0 Å². The summed E-state index contributed by atoms with van der Waals surface area (Å²) in [5, 5.41) is 0. The first-order chi connectivity index (χ1) is 9.80. The fourth-order valence-electron chi connectivity index (χ4n) is 5.74. The van der Waals surface area contributed by atoms with Crippen molar-refractivity contribution >= 4 is 0 Å². The van der Waals surface area contributed by atoms with Crippen LogP contribution in [0.4, 0.5) is 0 Å². The first kappa shape index (κ1) is 12.8. The van der Waals surface area contributed by atoms with Crippen LogP contribution in [0.1, 0.15) is 50.9 Å². The zero-order valence-corrected chi connectivity index (χ0v) is 12.3. The van der Waals surface area contributed by atoms with Crippen molar-refractivity contribution in [2.45, 2.75) is 51.6 Å². The molecule has 4 saturated carbocycles. The van der Waals surface area contributed by atoms with Gasteiger partial charge in [-0.3, -0.25) is 5.84 Å². The molecule has 0 saturated heterocycles. The average Bonchev–Trinajstić information content (AvgIpc) is 2.90. The van der Waals surface area contributed by atoms with Crippen molar-refractivity contribution in [1.29, 1.82) is 0 Å². The highest BCUT2D eigenvalue weighted by molar-refractivity contribution is 5.08. The van der Waals surface area contributed by atoms with Gasteiger partial charge in [-0.15, -0.1) is 0 Å². The van der Waals surface area contributed by atoms with E-state index in [0.29, 0.717) is 5.92 Å². The largest absolute Gasteiger partial charge is 0.334 e. The van der Waals surface area contributed by atoms with Gasteiger partial charge in [-0.05, 0) is 68.6 Å². The van der Waals surface area contributed by atoms with E-state index in [-0.39, 0.29) is 6.04 Å². The predicted molar refractivity (Wildman–Crippen MR) is 78.5 cm³/mol. The quantitative estimate of drug-likeness (QED) is 0.655. The van der Waals surface area contributed by atoms with Crippen LogP contribution >= 0.6 is 0 Å². The lowest BCUT2D eigenvalue weighted by molar-refractivity contribution is -0.0542. The summed E-state index contributed by atoms with van der Waals surface area (Å²) in [6, 6.07) is 0.236. The Kier molecular flexibility index (Phi) is 3.11. The Balaban J connectivity index is 1.65. The molecule has 4 aliphatic rings. The minimum absolute atomic E-state index is 0.236. The number of nitrogens with zero attached hydrogens (tertiary/aromatic N) is 2. The molecule has 0 radical (unpaired) electrons. The second-order valence-electron chi connectivity index (χ2n) is 7.22. The van der Waals surface area contributed by atoms with Crippen LogP contribution in [0.25, 0.3) is 0 Å². The molecule has 0 aliphatic heterocycles. The van der Waals surface area contributed by atoms with E-state index in [2.05, 4.69) is 28.1 Å². The average molecular weight is 274 g/mol. The third-order valence-corrected chi connectivity index (χ3v) is 6.23. The molecule has 0 aromatic carbocycles. The fraction of sp³-hybridized carbons (Fsp3) is 0.812. The van der Waals surface area contributed by atoms with Crippen molar-refractivity contribution in [3.8, 4) is 0 Å². The number of rotatable bonds is 4. The van der Waals surface area contributed by atoms with Crippen molar-refractivity contribution in [3.63, 3.8) is 0 Å². The van der Waals surface area contributed by atoms with Crippen molar-refractivity contribution in [3.05, 3.63) is 18.2 Å². The second-order valence-corrected chi connectivity index (χ2v) is 7.22. The third-order valence-electron chi connectivity index (χ3n) is 6.23. The molecule has 1 unspecified atom stereocenters. The van der Waals surface area contributed by atoms with Crippen molar-refractivity contribution in [2.75, 3.05) is 0 Å². The molecule has 1 heterocycles. The minimum Gasteiger partial charge on any atom is -0.334 e. The van der Waals surface area contributed by atoms with E-state index in [1.807, 2.05) is 6.20 Å². The summed E-state index contributed by atoms with van der Waals surface area (Å²) in [5.41, 5.74) is 3.12. The lowest BCUT2D eigenvalue weighted by Crippen LogP contribution is -2.51. The van der Waals surface area contributed by atoms with Crippen molar-refractivity contribution in [1.82, 2.24) is 15.0 Å². The number of hydrogen-bond donors (Lipinski definition) is 2. The third kappa shape index (κ3) is 1.85. The fourth-order valence-corrected chi connectivity index (χ4v) is 5.74. The van der Waals surface area contributed by atoms with E-state index < -0.39 is 0 Å². The Hall–Kier alpha value is -0.870. The number of nitrogens with two attached hydrogens (primary N) is 1. The molecule has 110 valence electrons. The molecular formula is C16H26N4. The molecule has 4 heteroatoms. The van der Waals surface area contributed by atoms with Crippen LogP contribution in [-0.4, -0.2) is 9.55 Å². The minimum atomic E-state index is 0.236. The van der Waals surface area contributed by atoms with Gasteiger partial charge in [-0.1, -0.05) is 0 Å². The number of hydrogen-bond acceptors (Lipinski definition) is 3. The Labute approximate surface area is 121 Å². The van der Waals surface area contributed by atoms with Crippen molar-refractivity contribution in [2.24, 2.45) is 35.4 Å². The number of hydrazine groups is 1. The molecule has 1 atom stereocenters. The zero-order valence-electron chi connectivity index (χ0n) is 12.3. The first-order valence-electron chi connectivity index (χ1n) is 8.27. The summed E-state index contributed by atoms with van der Waals surface area (Å²) in [7, 11) is 0. The number of imidazole rings is 1. The number of aromatic nitrogens is 2. The summed E-state index contributed by atoms with van der Waals surface area (Å²) < 4.78 is 2.25. The van der Waals surface area contributed by atoms with Gasteiger partial charge in [-0.2, -0.15) is 0 Å². The van der Waals surface area contributed by atoms with Gasteiger partial charge < -0.3 is 4.57 Å². The Morgan fingerprint density at radius 3 is 2.45 bits per heavy atom. The van der Waals surface area contributed by atoms with Crippen LogP contribution in [0, 0.1) is 29.6 Å². The highest BCUT2D eigenvalue weighted by atomic mass is 15.3. The van der Waals surface area contributed by atoms with E-state index in [1.54, 1.807) is 0 Å². The molecule has 0 amide bonds. The highest BCUT2D eigenvalue weighted by Crippen LogP contribution is 2.59. The maximum Gasteiger partial charge on any atom is 0.127 e. The standard InChI is InChI=1S/C16H26N4/c1-2-20-4-3-18-16(20)15(19-17)14-12-6-10-5-11(8-12)9-13(14)7-10/h3-4,10-15,19H,2,5-9,17H2,1H3. The summed E-state index contributed by atoms with van der Waals surface area (Å²) in [4.78, 5) is 4.61. The molecule has 4 fully saturated rings. The van der Waals surface area contributed by atoms with Gasteiger partial charge in [0.25, 0.3) is 0 Å². The molecule has 1 aromatic heterocycles. The second kappa shape index (κ2) is 4.85. The van der Waals surface area contributed by atoms with E-state index in [4.69, 9.17) is 5.84 Å². The SMILES string of the molecule is CCn1ccnc1C(NN)C1C2CC3CC(C2)CC1C3. The molecule has 0 spiro atoms. The van der Waals surface area contributed by atoms with Crippen molar-refractivity contribution < 1.29 is 0 Å². The molecule has 1 aromatic rings. The van der Waals surface area contributed by atoms with E-state index in [9.17, 15) is 0 Å². The van der Waals surface area contributed by atoms with Gasteiger partial charge in [0.05, 0.1) is 6.04 Å². The lowest BCUT2D eigenvalue weighted by Gasteiger charge is -2.56. The van der Waals surface area contributed by atoms with Gasteiger partial charge in [-0.25, -0.2) is 10.4 Å². The summed E-state index contributed by atoms with van der Waals surface area (Å²) >= 11 is 0. The molecule has 5 rings (SSSR count). The predicted octanol–water partition coefficient (Wildman–Crippen LogP) is 2.48. The summed E-state index contributed by atoms with van der Waals surface area (Å²) in [6.07, 6.45) is 11.2. The lowest BCUT2D eigenvalue weighted by atomic mass is 9.50. The number of nitrogens with one attached hydrogen (secondary N) is 1. The van der Waals surface area contributed by atoms with Gasteiger partial charge in [0.2, 0.25) is 0 Å².